The lowest BCUT2D eigenvalue weighted by Gasteiger charge is -2.31. The molecule has 0 bridgehead atoms. The van der Waals surface area contributed by atoms with Gasteiger partial charge in [0.1, 0.15) is 11.8 Å². The van der Waals surface area contributed by atoms with Crippen LogP contribution in [0.25, 0.3) is 10.2 Å². The van der Waals surface area contributed by atoms with Crippen molar-refractivity contribution in [2.24, 2.45) is 4.99 Å². The van der Waals surface area contributed by atoms with Gasteiger partial charge in [-0.25, -0.2) is 8.42 Å². The monoisotopic (exact) mass is 423 g/mol. The number of fused-ring (bicyclic) bond motifs is 1. The van der Waals surface area contributed by atoms with Gasteiger partial charge in [0.25, 0.3) is 5.91 Å². The molecule has 2 aromatic rings. The summed E-state index contributed by atoms with van der Waals surface area (Å²) in [5.74, 6) is 0.343. The molecule has 28 heavy (non-hydrogen) atoms. The molecule has 1 amide bonds. The summed E-state index contributed by atoms with van der Waals surface area (Å²) in [6, 6.07) is 5.02. The van der Waals surface area contributed by atoms with Crippen molar-refractivity contribution in [2.45, 2.75) is 38.8 Å². The van der Waals surface area contributed by atoms with E-state index in [-0.39, 0.29) is 0 Å². The quantitative estimate of drug-likeness (QED) is 0.669. The minimum Gasteiger partial charge on any atom is -0.494 e. The number of ether oxygens (including phenoxy) is 1. The molecule has 152 valence electrons. The van der Waals surface area contributed by atoms with Gasteiger partial charge in [0.2, 0.25) is 10.0 Å². The first-order chi connectivity index (χ1) is 13.3. The van der Waals surface area contributed by atoms with E-state index in [1.807, 2.05) is 29.7 Å². The van der Waals surface area contributed by atoms with E-state index in [1.54, 1.807) is 6.08 Å². The van der Waals surface area contributed by atoms with Crippen LogP contribution in [-0.4, -0.2) is 48.6 Å². The Morgan fingerprint density at radius 2 is 2.21 bits per heavy atom. The Kier molecular flexibility index (Phi) is 6.36. The summed E-state index contributed by atoms with van der Waals surface area (Å²) >= 11 is 1.38. The van der Waals surface area contributed by atoms with Gasteiger partial charge >= 0.3 is 0 Å². The summed E-state index contributed by atoms with van der Waals surface area (Å²) in [5, 5.41) is 0. The summed E-state index contributed by atoms with van der Waals surface area (Å²) in [6.07, 6.45) is 4.96. The molecule has 1 aliphatic heterocycles. The SMILES string of the molecule is C=CCn1c(=NC(=O)C2CCCCN2S(C)(=O)=O)sc2cc(OCC)ccc21. The van der Waals surface area contributed by atoms with Gasteiger partial charge < -0.3 is 9.30 Å². The molecule has 0 radical (unpaired) electrons. The molecular formula is C19H25N3O4S2. The molecule has 1 atom stereocenters. The predicted molar refractivity (Wildman–Crippen MR) is 111 cm³/mol. The molecule has 0 N–H and O–H groups in total. The molecule has 1 saturated heterocycles. The zero-order valence-electron chi connectivity index (χ0n) is 16.1. The third-order valence-electron chi connectivity index (χ3n) is 4.65. The molecule has 0 saturated carbocycles. The topological polar surface area (TPSA) is 81.0 Å². The highest BCUT2D eigenvalue weighted by atomic mass is 32.2. The van der Waals surface area contributed by atoms with Crippen LogP contribution in [0.2, 0.25) is 0 Å². The number of allylic oxidation sites excluding steroid dienone is 1. The van der Waals surface area contributed by atoms with Crippen molar-refractivity contribution in [1.82, 2.24) is 8.87 Å². The number of aromatic nitrogens is 1. The Bertz CT molecular complexity index is 1050. The second kappa shape index (κ2) is 8.59. The highest BCUT2D eigenvalue weighted by molar-refractivity contribution is 7.88. The van der Waals surface area contributed by atoms with Crippen molar-refractivity contribution in [3.8, 4) is 5.75 Å². The zero-order valence-corrected chi connectivity index (χ0v) is 17.8. The van der Waals surface area contributed by atoms with E-state index in [1.165, 1.54) is 15.6 Å². The van der Waals surface area contributed by atoms with Crippen LogP contribution < -0.4 is 9.54 Å². The Balaban J connectivity index is 2.05. The number of hydrogen-bond acceptors (Lipinski definition) is 5. The van der Waals surface area contributed by atoms with Crippen LogP contribution in [0.1, 0.15) is 26.2 Å². The van der Waals surface area contributed by atoms with Gasteiger partial charge in [-0.3, -0.25) is 4.79 Å². The van der Waals surface area contributed by atoms with Gasteiger partial charge in [-0.2, -0.15) is 9.30 Å². The minimum atomic E-state index is -3.45. The summed E-state index contributed by atoms with van der Waals surface area (Å²) in [7, 11) is -3.45. The molecule has 0 aliphatic carbocycles. The number of hydrogen-bond donors (Lipinski definition) is 0. The van der Waals surface area contributed by atoms with Gasteiger partial charge in [-0.05, 0) is 38.0 Å². The lowest BCUT2D eigenvalue weighted by atomic mass is 10.0. The molecule has 1 aromatic carbocycles. The number of rotatable bonds is 6. The molecule has 1 aromatic heterocycles. The summed E-state index contributed by atoms with van der Waals surface area (Å²) in [6.45, 7) is 7.15. The van der Waals surface area contributed by atoms with Crippen molar-refractivity contribution in [2.75, 3.05) is 19.4 Å². The van der Waals surface area contributed by atoms with E-state index in [0.717, 1.165) is 35.1 Å². The second-order valence-electron chi connectivity index (χ2n) is 6.68. The lowest BCUT2D eigenvalue weighted by molar-refractivity contribution is -0.122. The number of carbonyl (C=O) groups is 1. The molecule has 9 heteroatoms. The van der Waals surface area contributed by atoms with E-state index >= 15 is 0 Å². The molecule has 2 heterocycles. The number of amides is 1. The molecule has 1 fully saturated rings. The Hall–Kier alpha value is -1.97. The number of thiazole rings is 1. The first-order valence-electron chi connectivity index (χ1n) is 9.27. The smallest absolute Gasteiger partial charge is 0.266 e. The van der Waals surface area contributed by atoms with Crippen LogP contribution in [0.3, 0.4) is 0 Å². The van der Waals surface area contributed by atoms with Gasteiger partial charge in [0.15, 0.2) is 4.80 Å². The third kappa shape index (κ3) is 4.37. The van der Waals surface area contributed by atoms with Gasteiger partial charge in [-0.15, -0.1) is 6.58 Å². The number of benzene rings is 1. The van der Waals surface area contributed by atoms with Crippen molar-refractivity contribution < 1.29 is 17.9 Å². The van der Waals surface area contributed by atoms with Crippen molar-refractivity contribution in [3.05, 3.63) is 35.7 Å². The van der Waals surface area contributed by atoms with Crippen LogP contribution in [-0.2, 0) is 21.4 Å². The normalized spacial score (nSPS) is 19.1. The molecule has 3 rings (SSSR count). The highest BCUT2D eigenvalue weighted by Crippen LogP contribution is 2.24. The highest BCUT2D eigenvalue weighted by Gasteiger charge is 2.34. The summed E-state index contributed by atoms with van der Waals surface area (Å²) in [5.41, 5.74) is 0.934. The Labute approximate surface area is 169 Å². The first kappa shape index (κ1) is 20.8. The average Bonchev–Trinajstić information content (AvgIpc) is 2.98. The van der Waals surface area contributed by atoms with E-state index in [2.05, 4.69) is 11.6 Å². The van der Waals surface area contributed by atoms with Gasteiger partial charge in [0.05, 0.1) is 23.1 Å². The van der Waals surface area contributed by atoms with E-state index < -0.39 is 22.0 Å². The van der Waals surface area contributed by atoms with Crippen LogP contribution in [0.4, 0.5) is 0 Å². The van der Waals surface area contributed by atoms with Crippen molar-refractivity contribution in [1.29, 1.82) is 0 Å². The largest absolute Gasteiger partial charge is 0.494 e. The fourth-order valence-electron chi connectivity index (χ4n) is 3.42. The molecule has 7 nitrogen and oxygen atoms in total. The number of nitrogens with zero attached hydrogens (tertiary/aromatic N) is 3. The summed E-state index contributed by atoms with van der Waals surface area (Å²) < 4.78 is 33.8. The third-order valence-corrected chi connectivity index (χ3v) is 6.98. The van der Waals surface area contributed by atoms with Crippen molar-refractivity contribution >= 4 is 37.5 Å². The number of piperidine rings is 1. The first-order valence-corrected chi connectivity index (χ1v) is 11.9. The van der Waals surface area contributed by atoms with Crippen LogP contribution in [0, 0.1) is 0 Å². The van der Waals surface area contributed by atoms with Crippen molar-refractivity contribution in [3.63, 3.8) is 0 Å². The van der Waals surface area contributed by atoms with Crippen LogP contribution >= 0.6 is 11.3 Å². The number of carbonyl (C=O) groups excluding carboxylic acids is 1. The molecule has 0 spiro atoms. The fraction of sp³-hybridized carbons (Fsp3) is 0.474. The maximum absolute atomic E-state index is 12.9. The Morgan fingerprint density at radius 3 is 2.89 bits per heavy atom. The Morgan fingerprint density at radius 1 is 1.43 bits per heavy atom. The maximum Gasteiger partial charge on any atom is 0.266 e. The molecular weight excluding hydrogens is 398 g/mol. The van der Waals surface area contributed by atoms with E-state index in [0.29, 0.717) is 30.9 Å². The zero-order chi connectivity index (χ0) is 20.3. The second-order valence-corrected chi connectivity index (χ2v) is 9.63. The predicted octanol–water partition coefficient (Wildman–Crippen LogP) is 2.53. The van der Waals surface area contributed by atoms with E-state index in [4.69, 9.17) is 4.74 Å². The van der Waals surface area contributed by atoms with Gasteiger partial charge in [0, 0.05) is 13.1 Å². The standard InChI is InChI=1S/C19H25N3O4S2/c1-4-11-21-15-10-9-14(26-5-2)13-17(15)27-19(21)20-18(23)16-8-6-7-12-22(16)28(3,24)25/h4,9-10,13,16H,1,5-8,11-12H2,2-3H3. The summed E-state index contributed by atoms with van der Waals surface area (Å²) in [4.78, 5) is 17.8. The van der Waals surface area contributed by atoms with Gasteiger partial charge in [-0.1, -0.05) is 23.8 Å². The average molecular weight is 424 g/mol. The van der Waals surface area contributed by atoms with Crippen LogP contribution in [0.5, 0.6) is 5.75 Å². The maximum atomic E-state index is 12.9. The molecule has 1 unspecified atom stereocenters. The minimum absolute atomic E-state index is 0.363. The lowest BCUT2D eigenvalue weighted by Crippen LogP contribution is -2.47. The number of sulfonamides is 1. The molecule has 1 aliphatic rings. The van der Waals surface area contributed by atoms with E-state index in [9.17, 15) is 13.2 Å². The fourth-order valence-corrected chi connectivity index (χ4v) is 5.61. The van der Waals surface area contributed by atoms with Crippen LogP contribution in [0.15, 0.2) is 35.8 Å².